The second-order valence-electron chi connectivity index (χ2n) is 6.98. The van der Waals surface area contributed by atoms with E-state index in [1.54, 1.807) is 25.1 Å². The number of aliphatic hydroxyl groups excluding tert-OH is 1. The Hall–Kier alpha value is -3.32. The lowest BCUT2D eigenvalue weighted by molar-refractivity contribution is 0.0833. The number of amides is 1. The molecule has 0 aliphatic carbocycles. The Morgan fingerprint density at radius 2 is 1.80 bits per heavy atom. The third-order valence-corrected chi connectivity index (χ3v) is 4.71. The van der Waals surface area contributed by atoms with Crippen molar-refractivity contribution in [2.24, 2.45) is 0 Å². The van der Waals surface area contributed by atoms with Crippen LogP contribution in [-0.2, 0) is 0 Å². The number of para-hydroxylation sites is 1. The first kappa shape index (κ1) is 21.4. The molecule has 0 fully saturated rings. The second-order valence-corrected chi connectivity index (χ2v) is 6.98. The molecule has 30 heavy (non-hydrogen) atoms. The van der Waals surface area contributed by atoms with Gasteiger partial charge in [0.25, 0.3) is 5.91 Å². The average molecular weight is 410 g/mol. The zero-order valence-corrected chi connectivity index (χ0v) is 17.6. The van der Waals surface area contributed by atoms with E-state index in [0.29, 0.717) is 28.5 Å². The Balaban J connectivity index is 1.62. The lowest BCUT2D eigenvalue weighted by Gasteiger charge is -2.17. The number of pyridine rings is 1. The van der Waals surface area contributed by atoms with E-state index in [9.17, 15) is 9.90 Å². The van der Waals surface area contributed by atoms with E-state index in [1.807, 2.05) is 31.2 Å². The van der Waals surface area contributed by atoms with Crippen molar-refractivity contribution in [1.82, 2.24) is 10.3 Å². The summed E-state index contributed by atoms with van der Waals surface area (Å²) in [7, 11) is 3.05. The normalized spacial score (nSPS) is 11.8. The Morgan fingerprint density at radius 3 is 2.47 bits per heavy atom. The van der Waals surface area contributed by atoms with Crippen LogP contribution in [0.3, 0.4) is 0 Å². The highest BCUT2D eigenvalue weighted by Crippen LogP contribution is 2.36. The first-order valence-electron chi connectivity index (χ1n) is 9.61. The Kier molecular flexibility index (Phi) is 6.74. The van der Waals surface area contributed by atoms with Gasteiger partial charge < -0.3 is 24.6 Å². The fourth-order valence-electron chi connectivity index (χ4n) is 3.11. The molecule has 3 rings (SSSR count). The molecule has 0 saturated carbocycles. The van der Waals surface area contributed by atoms with Gasteiger partial charge in [-0.1, -0.05) is 18.2 Å². The number of carbonyl (C=O) groups is 1. The summed E-state index contributed by atoms with van der Waals surface area (Å²) >= 11 is 0. The summed E-state index contributed by atoms with van der Waals surface area (Å²) in [5.74, 6) is 1.10. The Labute approximate surface area is 175 Å². The monoisotopic (exact) mass is 410 g/mol. The molecule has 2 aromatic carbocycles. The number of rotatable bonds is 8. The maximum atomic E-state index is 12.6. The first-order valence-corrected chi connectivity index (χ1v) is 9.61. The SMILES string of the molecule is COc1cccc(OC)c1OCC(O)CNC(=O)c1cc2ccc(C)cc2nc1C. The fourth-order valence-corrected chi connectivity index (χ4v) is 3.11. The van der Waals surface area contributed by atoms with Gasteiger partial charge in [-0.2, -0.15) is 0 Å². The molecule has 0 spiro atoms. The number of ether oxygens (including phenoxy) is 3. The van der Waals surface area contributed by atoms with Crippen LogP contribution >= 0.6 is 0 Å². The van der Waals surface area contributed by atoms with Gasteiger partial charge in [0.15, 0.2) is 11.5 Å². The van der Waals surface area contributed by atoms with Crippen molar-refractivity contribution in [2.45, 2.75) is 20.0 Å². The maximum Gasteiger partial charge on any atom is 0.253 e. The lowest BCUT2D eigenvalue weighted by atomic mass is 10.1. The van der Waals surface area contributed by atoms with Gasteiger partial charge in [0.05, 0.1) is 31.0 Å². The Morgan fingerprint density at radius 1 is 1.10 bits per heavy atom. The molecule has 0 saturated heterocycles. The van der Waals surface area contributed by atoms with Crippen LogP contribution in [0.25, 0.3) is 10.9 Å². The number of benzene rings is 2. The largest absolute Gasteiger partial charge is 0.493 e. The standard InChI is InChI=1S/C23H26N2O5/c1-14-8-9-16-11-18(15(2)25-19(16)10-14)23(27)24-12-17(26)13-30-22-20(28-3)6-5-7-21(22)29-4/h5-11,17,26H,12-13H2,1-4H3,(H,24,27). The Bertz CT molecular complexity index is 1030. The molecule has 7 nitrogen and oxygen atoms in total. The summed E-state index contributed by atoms with van der Waals surface area (Å²) in [4.78, 5) is 17.1. The molecular formula is C23H26N2O5. The number of nitrogens with one attached hydrogen (secondary N) is 1. The van der Waals surface area contributed by atoms with Gasteiger partial charge >= 0.3 is 0 Å². The molecule has 158 valence electrons. The molecular weight excluding hydrogens is 384 g/mol. The predicted octanol–water partition coefficient (Wildman–Crippen LogP) is 3.04. The van der Waals surface area contributed by atoms with Gasteiger partial charge in [0.2, 0.25) is 5.75 Å². The molecule has 0 aliphatic heterocycles. The smallest absolute Gasteiger partial charge is 0.253 e. The molecule has 1 unspecified atom stereocenters. The van der Waals surface area contributed by atoms with Gasteiger partial charge in [0, 0.05) is 11.9 Å². The van der Waals surface area contributed by atoms with Crippen molar-refractivity contribution in [1.29, 1.82) is 0 Å². The minimum absolute atomic E-state index is 0.0294. The predicted molar refractivity (Wildman–Crippen MR) is 115 cm³/mol. The molecule has 3 aromatic rings. The van der Waals surface area contributed by atoms with Crippen LogP contribution in [-0.4, -0.2) is 49.5 Å². The summed E-state index contributed by atoms with van der Waals surface area (Å²) in [5, 5.41) is 13.9. The van der Waals surface area contributed by atoms with E-state index >= 15 is 0 Å². The summed E-state index contributed by atoms with van der Waals surface area (Å²) < 4.78 is 16.2. The van der Waals surface area contributed by atoms with Crippen molar-refractivity contribution in [3.8, 4) is 17.2 Å². The van der Waals surface area contributed by atoms with Crippen LogP contribution in [0.4, 0.5) is 0 Å². The zero-order valence-electron chi connectivity index (χ0n) is 17.6. The van der Waals surface area contributed by atoms with E-state index in [2.05, 4.69) is 10.3 Å². The van der Waals surface area contributed by atoms with Gasteiger partial charge in [-0.3, -0.25) is 9.78 Å². The lowest BCUT2D eigenvalue weighted by Crippen LogP contribution is -2.35. The number of aryl methyl sites for hydroxylation is 2. The number of fused-ring (bicyclic) bond motifs is 1. The quantitative estimate of drug-likeness (QED) is 0.593. The maximum absolute atomic E-state index is 12.6. The molecule has 0 radical (unpaired) electrons. The number of carbonyl (C=O) groups excluding carboxylic acids is 1. The number of hydrogen-bond acceptors (Lipinski definition) is 6. The second kappa shape index (κ2) is 9.45. The van der Waals surface area contributed by atoms with Crippen LogP contribution in [0.15, 0.2) is 42.5 Å². The van der Waals surface area contributed by atoms with Gasteiger partial charge in [0.1, 0.15) is 12.7 Å². The van der Waals surface area contributed by atoms with Gasteiger partial charge in [-0.05, 0) is 43.7 Å². The highest BCUT2D eigenvalue weighted by molar-refractivity contribution is 5.98. The third-order valence-electron chi connectivity index (χ3n) is 4.71. The number of aromatic nitrogens is 1. The molecule has 1 aromatic heterocycles. The van der Waals surface area contributed by atoms with E-state index in [-0.39, 0.29) is 19.1 Å². The summed E-state index contributed by atoms with van der Waals surface area (Å²) in [6, 6.07) is 13.0. The number of methoxy groups -OCH3 is 2. The van der Waals surface area contributed by atoms with Crippen LogP contribution in [0.2, 0.25) is 0 Å². The molecule has 1 amide bonds. The van der Waals surface area contributed by atoms with E-state index < -0.39 is 6.10 Å². The van der Waals surface area contributed by atoms with E-state index in [0.717, 1.165) is 16.5 Å². The van der Waals surface area contributed by atoms with Crippen molar-refractivity contribution in [2.75, 3.05) is 27.4 Å². The minimum atomic E-state index is -0.917. The van der Waals surface area contributed by atoms with Crippen molar-refractivity contribution in [3.05, 3.63) is 59.3 Å². The highest BCUT2D eigenvalue weighted by atomic mass is 16.5. The van der Waals surface area contributed by atoms with Crippen LogP contribution in [0.1, 0.15) is 21.6 Å². The molecule has 0 aliphatic rings. The van der Waals surface area contributed by atoms with Gasteiger partial charge in [-0.15, -0.1) is 0 Å². The summed E-state index contributed by atoms with van der Waals surface area (Å²) in [6.45, 7) is 3.79. The number of nitrogens with zero attached hydrogens (tertiary/aromatic N) is 1. The zero-order chi connectivity index (χ0) is 21.7. The molecule has 1 heterocycles. The number of aliphatic hydroxyl groups is 1. The average Bonchev–Trinajstić information content (AvgIpc) is 2.75. The topological polar surface area (TPSA) is 89.9 Å². The van der Waals surface area contributed by atoms with Crippen LogP contribution < -0.4 is 19.5 Å². The van der Waals surface area contributed by atoms with Crippen LogP contribution in [0, 0.1) is 13.8 Å². The minimum Gasteiger partial charge on any atom is -0.493 e. The fraction of sp³-hybridized carbons (Fsp3) is 0.304. The van der Waals surface area contributed by atoms with Crippen molar-refractivity contribution in [3.63, 3.8) is 0 Å². The molecule has 1 atom stereocenters. The van der Waals surface area contributed by atoms with Gasteiger partial charge in [-0.25, -0.2) is 0 Å². The van der Waals surface area contributed by atoms with Crippen molar-refractivity contribution < 1.29 is 24.1 Å². The third kappa shape index (κ3) is 4.80. The molecule has 0 bridgehead atoms. The number of hydrogen-bond donors (Lipinski definition) is 2. The highest BCUT2D eigenvalue weighted by Gasteiger charge is 2.16. The van der Waals surface area contributed by atoms with Crippen LogP contribution in [0.5, 0.6) is 17.2 Å². The molecule has 7 heteroatoms. The van der Waals surface area contributed by atoms with E-state index in [1.165, 1.54) is 14.2 Å². The van der Waals surface area contributed by atoms with Crippen molar-refractivity contribution >= 4 is 16.8 Å². The summed E-state index contributed by atoms with van der Waals surface area (Å²) in [5.41, 5.74) is 3.07. The van der Waals surface area contributed by atoms with E-state index in [4.69, 9.17) is 14.2 Å². The summed E-state index contributed by atoms with van der Waals surface area (Å²) in [6.07, 6.45) is -0.917. The molecule has 2 N–H and O–H groups in total. The first-order chi connectivity index (χ1) is 14.4.